The first-order chi connectivity index (χ1) is 7.52. The zero-order valence-corrected chi connectivity index (χ0v) is 8.38. The summed E-state index contributed by atoms with van der Waals surface area (Å²) in [5, 5.41) is 0.782. The first-order valence-corrected chi connectivity index (χ1v) is 4.81. The molecule has 16 heavy (non-hydrogen) atoms. The Labute approximate surface area is 90.7 Å². The minimum absolute atomic E-state index is 0.215. The molecule has 0 aliphatic rings. The van der Waals surface area contributed by atoms with E-state index in [0.29, 0.717) is 11.9 Å². The number of alkyl halides is 3. The first-order valence-electron chi connectivity index (χ1n) is 4.81. The Bertz CT molecular complexity index is 517. The van der Waals surface area contributed by atoms with Crippen LogP contribution in [-0.2, 0) is 12.7 Å². The molecule has 84 valence electrons. The average molecular weight is 225 g/mol. The topological polar surface area (TPSA) is 26.0 Å². The van der Waals surface area contributed by atoms with Gasteiger partial charge in [-0.2, -0.15) is 13.2 Å². The summed E-state index contributed by atoms with van der Waals surface area (Å²) < 4.78 is 38.0. The highest BCUT2D eigenvalue weighted by Crippen LogP contribution is 2.34. The molecule has 0 saturated carbocycles. The van der Waals surface area contributed by atoms with Crippen molar-refractivity contribution in [1.29, 1.82) is 0 Å². The molecule has 0 spiro atoms. The van der Waals surface area contributed by atoms with Crippen molar-refractivity contribution in [2.45, 2.75) is 12.7 Å². The van der Waals surface area contributed by atoms with Crippen LogP contribution in [0.5, 0.6) is 0 Å². The Balaban J connectivity index is 2.70. The van der Waals surface area contributed by atoms with Gasteiger partial charge in [0.2, 0.25) is 0 Å². The lowest BCUT2D eigenvalue weighted by Gasteiger charge is -2.10. The largest absolute Gasteiger partial charge is 0.417 e. The van der Waals surface area contributed by atoms with Crippen molar-refractivity contribution in [2.75, 3.05) is 0 Å². The molecule has 0 atom stereocenters. The molecule has 0 saturated heterocycles. The Morgan fingerprint density at radius 2 is 1.81 bits per heavy atom. The number of fused-ring (bicyclic) bond motifs is 1. The number of hydrogen-bond donors (Lipinski definition) is 1. The molecule has 0 aliphatic heterocycles. The molecule has 1 nitrogen and oxygen atoms in total. The second kappa shape index (κ2) is 3.79. The van der Waals surface area contributed by atoms with Gasteiger partial charge in [0.25, 0.3) is 0 Å². The van der Waals surface area contributed by atoms with E-state index in [0.717, 1.165) is 11.6 Å². The van der Waals surface area contributed by atoms with Gasteiger partial charge < -0.3 is 5.73 Å². The van der Waals surface area contributed by atoms with Crippen molar-refractivity contribution in [3.8, 4) is 0 Å². The highest BCUT2D eigenvalue weighted by atomic mass is 19.4. The van der Waals surface area contributed by atoms with Gasteiger partial charge in [0.1, 0.15) is 0 Å². The van der Waals surface area contributed by atoms with Crippen molar-refractivity contribution < 1.29 is 13.2 Å². The Hall–Kier alpha value is -1.55. The fraction of sp³-hybridized carbons (Fsp3) is 0.167. The van der Waals surface area contributed by atoms with E-state index in [1.54, 1.807) is 18.2 Å². The SMILES string of the molecule is NCc1ccc2c(C(F)(F)F)cccc2c1. The standard InChI is InChI=1S/C12H10F3N/c13-12(14,15)11-3-1-2-9-6-8(7-16)4-5-10(9)11/h1-6H,7,16H2. The summed E-state index contributed by atoms with van der Waals surface area (Å²) in [7, 11) is 0. The molecule has 0 bridgehead atoms. The van der Waals surface area contributed by atoms with Crippen LogP contribution < -0.4 is 5.73 Å². The third kappa shape index (κ3) is 1.88. The van der Waals surface area contributed by atoms with Gasteiger partial charge >= 0.3 is 6.18 Å². The molecule has 0 aromatic heterocycles. The maximum absolute atomic E-state index is 12.7. The Kier molecular flexibility index (Phi) is 2.59. The molecule has 0 aliphatic carbocycles. The smallest absolute Gasteiger partial charge is 0.326 e. The number of halogens is 3. The van der Waals surface area contributed by atoms with E-state index in [4.69, 9.17) is 5.73 Å². The fourth-order valence-corrected chi connectivity index (χ4v) is 1.71. The van der Waals surface area contributed by atoms with Gasteiger partial charge in [0.05, 0.1) is 5.56 Å². The van der Waals surface area contributed by atoms with Crippen LogP contribution in [0.3, 0.4) is 0 Å². The van der Waals surface area contributed by atoms with Gasteiger partial charge in [-0.25, -0.2) is 0 Å². The number of hydrogen-bond acceptors (Lipinski definition) is 1. The average Bonchev–Trinajstić information content (AvgIpc) is 2.26. The molecule has 0 unspecified atom stereocenters. The Morgan fingerprint density at radius 3 is 2.44 bits per heavy atom. The van der Waals surface area contributed by atoms with Crippen molar-refractivity contribution in [3.05, 3.63) is 47.5 Å². The normalized spacial score (nSPS) is 12.0. The lowest BCUT2D eigenvalue weighted by atomic mass is 10.0. The molecular formula is C12H10F3N. The zero-order valence-electron chi connectivity index (χ0n) is 8.38. The van der Waals surface area contributed by atoms with Crippen LogP contribution in [0.1, 0.15) is 11.1 Å². The molecule has 2 aromatic carbocycles. The summed E-state index contributed by atoms with van der Waals surface area (Å²) in [5.74, 6) is 0. The second-order valence-corrected chi connectivity index (χ2v) is 3.56. The minimum atomic E-state index is -4.32. The third-order valence-corrected chi connectivity index (χ3v) is 2.49. The van der Waals surface area contributed by atoms with E-state index < -0.39 is 11.7 Å². The molecule has 2 aromatic rings. The van der Waals surface area contributed by atoms with Crippen molar-refractivity contribution >= 4 is 10.8 Å². The summed E-state index contributed by atoms with van der Waals surface area (Å²) in [6.07, 6.45) is -4.32. The summed E-state index contributed by atoms with van der Waals surface area (Å²) in [6.45, 7) is 0.326. The van der Waals surface area contributed by atoms with Crippen molar-refractivity contribution in [2.24, 2.45) is 5.73 Å². The molecule has 2 rings (SSSR count). The van der Waals surface area contributed by atoms with Gasteiger partial charge in [-0.15, -0.1) is 0 Å². The Morgan fingerprint density at radius 1 is 1.06 bits per heavy atom. The van der Waals surface area contributed by atoms with E-state index in [1.165, 1.54) is 12.1 Å². The zero-order chi connectivity index (χ0) is 11.8. The van der Waals surface area contributed by atoms with E-state index in [1.807, 2.05) is 0 Å². The van der Waals surface area contributed by atoms with Gasteiger partial charge in [-0.05, 0) is 28.5 Å². The van der Waals surface area contributed by atoms with Gasteiger partial charge in [-0.3, -0.25) is 0 Å². The summed E-state index contributed by atoms with van der Waals surface area (Å²) in [4.78, 5) is 0. The van der Waals surface area contributed by atoms with Gasteiger partial charge in [0.15, 0.2) is 0 Å². The highest BCUT2D eigenvalue weighted by molar-refractivity contribution is 5.86. The van der Waals surface area contributed by atoms with E-state index >= 15 is 0 Å². The quantitative estimate of drug-likeness (QED) is 0.791. The van der Waals surface area contributed by atoms with Crippen LogP contribution in [0.25, 0.3) is 10.8 Å². The first kappa shape index (κ1) is 11.0. The number of rotatable bonds is 1. The predicted octanol–water partition coefficient (Wildman–Crippen LogP) is 3.32. The van der Waals surface area contributed by atoms with Crippen LogP contribution in [0.2, 0.25) is 0 Å². The van der Waals surface area contributed by atoms with Crippen LogP contribution in [0.4, 0.5) is 13.2 Å². The van der Waals surface area contributed by atoms with E-state index in [2.05, 4.69) is 0 Å². The number of nitrogens with two attached hydrogens (primary N) is 1. The molecule has 0 fully saturated rings. The van der Waals surface area contributed by atoms with Crippen LogP contribution in [0, 0.1) is 0 Å². The van der Waals surface area contributed by atoms with Crippen molar-refractivity contribution in [3.63, 3.8) is 0 Å². The van der Waals surface area contributed by atoms with Gasteiger partial charge in [-0.1, -0.05) is 24.3 Å². The van der Waals surface area contributed by atoms with Gasteiger partial charge in [0, 0.05) is 6.54 Å². The van der Waals surface area contributed by atoms with Crippen LogP contribution in [-0.4, -0.2) is 0 Å². The van der Waals surface area contributed by atoms with E-state index in [-0.39, 0.29) is 5.39 Å². The highest BCUT2D eigenvalue weighted by Gasteiger charge is 2.32. The third-order valence-electron chi connectivity index (χ3n) is 2.49. The van der Waals surface area contributed by atoms with Crippen LogP contribution >= 0.6 is 0 Å². The molecule has 4 heteroatoms. The molecule has 0 radical (unpaired) electrons. The number of benzene rings is 2. The minimum Gasteiger partial charge on any atom is -0.326 e. The monoisotopic (exact) mass is 225 g/mol. The second-order valence-electron chi connectivity index (χ2n) is 3.56. The van der Waals surface area contributed by atoms with Crippen molar-refractivity contribution in [1.82, 2.24) is 0 Å². The lowest BCUT2D eigenvalue weighted by Crippen LogP contribution is -2.05. The lowest BCUT2D eigenvalue weighted by molar-refractivity contribution is -0.136. The molecule has 2 N–H and O–H groups in total. The fourth-order valence-electron chi connectivity index (χ4n) is 1.71. The molecule has 0 heterocycles. The maximum atomic E-state index is 12.7. The maximum Gasteiger partial charge on any atom is 0.417 e. The summed E-state index contributed by atoms with van der Waals surface area (Å²) in [6, 6.07) is 8.93. The predicted molar refractivity (Wildman–Crippen MR) is 56.8 cm³/mol. The summed E-state index contributed by atoms with van der Waals surface area (Å²) in [5.41, 5.74) is 5.67. The molecule has 0 amide bonds. The summed E-state index contributed by atoms with van der Waals surface area (Å²) >= 11 is 0. The van der Waals surface area contributed by atoms with Crippen LogP contribution in [0.15, 0.2) is 36.4 Å². The van der Waals surface area contributed by atoms with E-state index in [9.17, 15) is 13.2 Å². The molecular weight excluding hydrogens is 215 g/mol.